The average Bonchev–Trinajstić information content (AvgIpc) is 2.52. The Kier molecular flexibility index (Phi) is 1.70. The van der Waals surface area contributed by atoms with Gasteiger partial charge in [-0.05, 0) is 24.0 Å². The zero-order chi connectivity index (χ0) is 10.5. The SMILES string of the molecule is CC1(C)CCn2c(nc3ccccc32)C1. The molecule has 0 spiro atoms. The number of hydrogen-bond acceptors (Lipinski definition) is 1. The van der Waals surface area contributed by atoms with E-state index >= 15 is 0 Å². The third-order valence-corrected chi connectivity index (χ3v) is 3.38. The molecule has 0 saturated carbocycles. The summed E-state index contributed by atoms with van der Waals surface area (Å²) in [5.74, 6) is 1.26. The standard InChI is InChI=1S/C13H16N2/c1-13(2)7-8-15-11-6-4-3-5-10(11)14-12(15)9-13/h3-6H,7-9H2,1-2H3. The van der Waals surface area contributed by atoms with Crippen LogP contribution in [0.1, 0.15) is 26.1 Å². The molecule has 0 N–H and O–H groups in total. The normalized spacial score (nSPS) is 19.1. The molecule has 2 heterocycles. The number of para-hydroxylation sites is 2. The smallest absolute Gasteiger partial charge is 0.110 e. The van der Waals surface area contributed by atoms with Crippen LogP contribution in [0.5, 0.6) is 0 Å². The van der Waals surface area contributed by atoms with Gasteiger partial charge in [0, 0.05) is 13.0 Å². The van der Waals surface area contributed by atoms with Crippen molar-refractivity contribution in [3.8, 4) is 0 Å². The molecular weight excluding hydrogens is 184 g/mol. The molecule has 1 aromatic carbocycles. The average molecular weight is 200 g/mol. The molecule has 1 aliphatic rings. The van der Waals surface area contributed by atoms with Crippen molar-refractivity contribution in [3.63, 3.8) is 0 Å². The van der Waals surface area contributed by atoms with Crippen LogP contribution in [0.4, 0.5) is 0 Å². The van der Waals surface area contributed by atoms with Crippen LogP contribution >= 0.6 is 0 Å². The first kappa shape index (κ1) is 8.96. The van der Waals surface area contributed by atoms with Crippen LogP contribution in [0.25, 0.3) is 11.0 Å². The third kappa shape index (κ3) is 1.36. The number of rotatable bonds is 0. The van der Waals surface area contributed by atoms with E-state index in [1.807, 2.05) is 0 Å². The fourth-order valence-electron chi connectivity index (χ4n) is 2.44. The highest BCUT2D eigenvalue weighted by Crippen LogP contribution is 2.33. The first-order valence-corrected chi connectivity index (χ1v) is 5.60. The van der Waals surface area contributed by atoms with E-state index in [9.17, 15) is 0 Å². The number of benzene rings is 1. The van der Waals surface area contributed by atoms with Gasteiger partial charge in [0.2, 0.25) is 0 Å². The predicted molar refractivity (Wildman–Crippen MR) is 61.8 cm³/mol. The van der Waals surface area contributed by atoms with E-state index in [1.54, 1.807) is 0 Å². The molecular formula is C13H16N2. The van der Waals surface area contributed by atoms with Crippen molar-refractivity contribution in [3.05, 3.63) is 30.1 Å². The number of nitrogens with zero attached hydrogens (tertiary/aromatic N) is 2. The monoisotopic (exact) mass is 200 g/mol. The highest BCUT2D eigenvalue weighted by atomic mass is 15.1. The van der Waals surface area contributed by atoms with E-state index in [0.717, 1.165) is 18.5 Å². The molecule has 2 aromatic rings. The van der Waals surface area contributed by atoms with E-state index in [2.05, 4.69) is 42.7 Å². The Balaban J connectivity index is 2.20. The van der Waals surface area contributed by atoms with Crippen LogP contribution in [0, 0.1) is 5.41 Å². The molecule has 0 radical (unpaired) electrons. The van der Waals surface area contributed by atoms with Crippen molar-refractivity contribution < 1.29 is 0 Å². The van der Waals surface area contributed by atoms with Crippen molar-refractivity contribution >= 4 is 11.0 Å². The molecule has 0 atom stereocenters. The summed E-state index contributed by atoms with van der Waals surface area (Å²) in [6.07, 6.45) is 2.35. The lowest BCUT2D eigenvalue weighted by molar-refractivity contribution is 0.270. The van der Waals surface area contributed by atoms with Crippen molar-refractivity contribution in [1.29, 1.82) is 0 Å². The Labute approximate surface area is 89.9 Å². The highest BCUT2D eigenvalue weighted by molar-refractivity contribution is 5.76. The molecule has 2 heteroatoms. The molecule has 78 valence electrons. The van der Waals surface area contributed by atoms with Gasteiger partial charge in [0.25, 0.3) is 0 Å². The van der Waals surface area contributed by atoms with Crippen LogP contribution in [0.15, 0.2) is 24.3 Å². The maximum absolute atomic E-state index is 4.71. The van der Waals surface area contributed by atoms with Crippen molar-refractivity contribution in [2.24, 2.45) is 5.41 Å². The molecule has 3 rings (SSSR count). The van der Waals surface area contributed by atoms with Crippen molar-refractivity contribution in [2.75, 3.05) is 0 Å². The van der Waals surface area contributed by atoms with Crippen LogP contribution in [-0.2, 0) is 13.0 Å². The van der Waals surface area contributed by atoms with Crippen molar-refractivity contribution in [2.45, 2.75) is 33.2 Å². The molecule has 0 amide bonds. The van der Waals surface area contributed by atoms with E-state index < -0.39 is 0 Å². The fourth-order valence-corrected chi connectivity index (χ4v) is 2.44. The molecule has 1 aliphatic heterocycles. The lowest BCUT2D eigenvalue weighted by Crippen LogP contribution is -2.26. The first-order chi connectivity index (χ1) is 7.16. The number of fused-ring (bicyclic) bond motifs is 3. The minimum absolute atomic E-state index is 0.414. The summed E-state index contributed by atoms with van der Waals surface area (Å²) in [4.78, 5) is 4.71. The van der Waals surface area contributed by atoms with E-state index in [0.29, 0.717) is 5.41 Å². The number of aryl methyl sites for hydroxylation is 1. The largest absolute Gasteiger partial charge is 0.328 e. The summed E-state index contributed by atoms with van der Waals surface area (Å²) in [5.41, 5.74) is 2.85. The third-order valence-electron chi connectivity index (χ3n) is 3.38. The predicted octanol–water partition coefficient (Wildman–Crippen LogP) is 3.01. The maximum atomic E-state index is 4.71. The quantitative estimate of drug-likeness (QED) is 0.639. The van der Waals surface area contributed by atoms with Gasteiger partial charge >= 0.3 is 0 Å². The summed E-state index contributed by atoms with van der Waals surface area (Å²) in [5, 5.41) is 0. The van der Waals surface area contributed by atoms with Gasteiger partial charge in [-0.2, -0.15) is 0 Å². The summed E-state index contributed by atoms with van der Waals surface area (Å²) in [6, 6.07) is 8.43. The van der Waals surface area contributed by atoms with E-state index in [1.165, 1.54) is 17.8 Å². The topological polar surface area (TPSA) is 17.8 Å². The molecule has 2 nitrogen and oxygen atoms in total. The number of hydrogen-bond donors (Lipinski definition) is 0. The van der Waals surface area contributed by atoms with Gasteiger partial charge in [-0.3, -0.25) is 0 Å². The second-order valence-electron chi connectivity index (χ2n) is 5.26. The Hall–Kier alpha value is -1.31. The first-order valence-electron chi connectivity index (χ1n) is 5.60. The number of imidazole rings is 1. The minimum Gasteiger partial charge on any atom is -0.328 e. The van der Waals surface area contributed by atoms with Gasteiger partial charge in [0.15, 0.2) is 0 Å². The van der Waals surface area contributed by atoms with E-state index in [4.69, 9.17) is 4.98 Å². The maximum Gasteiger partial charge on any atom is 0.110 e. The molecule has 0 fully saturated rings. The number of aromatic nitrogens is 2. The molecule has 0 unspecified atom stereocenters. The molecule has 15 heavy (non-hydrogen) atoms. The second-order valence-corrected chi connectivity index (χ2v) is 5.26. The summed E-state index contributed by atoms with van der Waals surface area (Å²) in [7, 11) is 0. The Morgan fingerprint density at radius 3 is 2.93 bits per heavy atom. The second kappa shape index (κ2) is 2.84. The fraction of sp³-hybridized carbons (Fsp3) is 0.462. The van der Waals surface area contributed by atoms with Gasteiger partial charge in [0.1, 0.15) is 5.82 Å². The van der Waals surface area contributed by atoms with E-state index in [-0.39, 0.29) is 0 Å². The molecule has 0 saturated heterocycles. The summed E-state index contributed by atoms with van der Waals surface area (Å²) in [6.45, 7) is 5.77. The van der Waals surface area contributed by atoms with Crippen LogP contribution in [0.2, 0.25) is 0 Å². The minimum atomic E-state index is 0.414. The molecule has 0 aliphatic carbocycles. The van der Waals surface area contributed by atoms with Gasteiger partial charge in [-0.1, -0.05) is 26.0 Å². The summed E-state index contributed by atoms with van der Waals surface area (Å²) >= 11 is 0. The zero-order valence-corrected chi connectivity index (χ0v) is 9.33. The Bertz CT molecular complexity index is 508. The van der Waals surface area contributed by atoms with Crippen molar-refractivity contribution in [1.82, 2.24) is 9.55 Å². The van der Waals surface area contributed by atoms with Crippen LogP contribution in [-0.4, -0.2) is 9.55 Å². The van der Waals surface area contributed by atoms with Gasteiger partial charge in [0.05, 0.1) is 11.0 Å². The van der Waals surface area contributed by atoms with Crippen LogP contribution < -0.4 is 0 Å². The van der Waals surface area contributed by atoms with Gasteiger partial charge in [-0.15, -0.1) is 0 Å². The molecule has 0 bridgehead atoms. The summed E-state index contributed by atoms with van der Waals surface area (Å²) < 4.78 is 2.38. The van der Waals surface area contributed by atoms with Gasteiger partial charge < -0.3 is 4.57 Å². The molecule has 1 aromatic heterocycles. The Morgan fingerprint density at radius 2 is 2.07 bits per heavy atom. The van der Waals surface area contributed by atoms with Crippen LogP contribution in [0.3, 0.4) is 0 Å². The highest BCUT2D eigenvalue weighted by Gasteiger charge is 2.27. The lowest BCUT2D eigenvalue weighted by atomic mass is 9.83. The Morgan fingerprint density at radius 1 is 1.27 bits per heavy atom. The lowest BCUT2D eigenvalue weighted by Gasteiger charge is -2.30. The van der Waals surface area contributed by atoms with Gasteiger partial charge in [-0.25, -0.2) is 4.98 Å². The zero-order valence-electron chi connectivity index (χ0n) is 9.33.